The van der Waals surface area contributed by atoms with E-state index in [2.05, 4.69) is 11.8 Å². The Kier molecular flexibility index (Phi) is 3.30. The molecule has 66 valence electrons. The van der Waals surface area contributed by atoms with Crippen LogP contribution in [0.4, 0.5) is 0 Å². The van der Waals surface area contributed by atoms with Gasteiger partial charge in [0.05, 0.1) is 0 Å². The summed E-state index contributed by atoms with van der Waals surface area (Å²) in [5, 5.41) is 8.96. The SMILES string of the molecule is CC1CN(CCN)CC1CO. The normalized spacial score (nSPS) is 33.0. The largest absolute Gasteiger partial charge is 0.396 e. The molecule has 1 heterocycles. The summed E-state index contributed by atoms with van der Waals surface area (Å²) in [7, 11) is 0. The number of aliphatic hydroxyl groups is 1. The maximum absolute atomic E-state index is 8.96. The first-order valence-electron chi connectivity index (χ1n) is 4.31. The molecule has 1 saturated heterocycles. The van der Waals surface area contributed by atoms with Crippen LogP contribution >= 0.6 is 0 Å². The molecule has 3 N–H and O–H groups in total. The summed E-state index contributed by atoms with van der Waals surface area (Å²) in [5.41, 5.74) is 5.44. The molecule has 1 rings (SSSR count). The van der Waals surface area contributed by atoms with Crippen molar-refractivity contribution in [1.29, 1.82) is 0 Å². The number of hydrogen-bond donors (Lipinski definition) is 2. The molecule has 2 unspecified atom stereocenters. The van der Waals surface area contributed by atoms with Gasteiger partial charge in [0.2, 0.25) is 0 Å². The van der Waals surface area contributed by atoms with Gasteiger partial charge in [-0.15, -0.1) is 0 Å². The first kappa shape index (κ1) is 8.97. The van der Waals surface area contributed by atoms with E-state index in [4.69, 9.17) is 10.8 Å². The van der Waals surface area contributed by atoms with Gasteiger partial charge < -0.3 is 15.7 Å². The van der Waals surface area contributed by atoms with Gasteiger partial charge in [-0.2, -0.15) is 0 Å². The van der Waals surface area contributed by atoms with Crippen LogP contribution in [0.5, 0.6) is 0 Å². The molecule has 1 fully saturated rings. The molecule has 0 bridgehead atoms. The van der Waals surface area contributed by atoms with Crippen LogP contribution in [0.25, 0.3) is 0 Å². The Hall–Kier alpha value is -0.120. The summed E-state index contributed by atoms with van der Waals surface area (Å²) < 4.78 is 0. The predicted molar refractivity (Wildman–Crippen MR) is 45.2 cm³/mol. The van der Waals surface area contributed by atoms with Crippen LogP contribution in [0, 0.1) is 11.8 Å². The summed E-state index contributed by atoms with van der Waals surface area (Å²) in [6.07, 6.45) is 0. The molecule has 1 aliphatic heterocycles. The van der Waals surface area contributed by atoms with Crippen molar-refractivity contribution in [2.45, 2.75) is 6.92 Å². The van der Waals surface area contributed by atoms with Crippen molar-refractivity contribution in [3.05, 3.63) is 0 Å². The fourth-order valence-corrected chi connectivity index (χ4v) is 1.75. The first-order chi connectivity index (χ1) is 5.27. The van der Waals surface area contributed by atoms with Gasteiger partial charge >= 0.3 is 0 Å². The average Bonchev–Trinajstić information content (AvgIpc) is 2.32. The van der Waals surface area contributed by atoms with Gasteiger partial charge in [-0.3, -0.25) is 0 Å². The maximum atomic E-state index is 8.96. The van der Waals surface area contributed by atoms with Crippen LogP contribution in [0.2, 0.25) is 0 Å². The van der Waals surface area contributed by atoms with E-state index in [1.807, 2.05) is 0 Å². The number of aliphatic hydroxyl groups excluding tert-OH is 1. The minimum Gasteiger partial charge on any atom is -0.396 e. The predicted octanol–water partition coefficient (Wildman–Crippen LogP) is -0.495. The molecule has 0 aromatic carbocycles. The van der Waals surface area contributed by atoms with E-state index < -0.39 is 0 Å². The highest BCUT2D eigenvalue weighted by Crippen LogP contribution is 2.21. The zero-order chi connectivity index (χ0) is 8.27. The van der Waals surface area contributed by atoms with Crippen LogP contribution in [0.3, 0.4) is 0 Å². The van der Waals surface area contributed by atoms with E-state index >= 15 is 0 Å². The minimum absolute atomic E-state index is 0.322. The second kappa shape index (κ2) is 4.04. The molecular weight excluding hydrogens is 140 g/mol. The second-order valence-corrected chi connectivity index (χ2v) is 3.47. The molecule has 2 atom stereocenters. The lowest BCUT2D eigenvalue weighted by atomic mass is 10.00. The summed E-state index contributed by atoms with van der Waals surface area (Å²) in [6.45, 7) is 6.34. The molecule has 0 aliphatic carbocycles. The number of hydrogen-bond acceptors (Lipinski definition) is 3. The first-order valence-corrected chi connectivity index (χ1v) is 4.31. The third-order valence-corrected chi connectivity index (χ3v) is 2.52. The van der Waals surface area contributed by atoms with Gasteiger partial charge in [0.1, 0.15) is 0 Å². The Bertz CT molecular complexity index is 119. The second-order valence-electron chi connectivity index (χ2n) is 3.47. The molecule has 3 nitrogen and oxygen atoms in total. The van der Waals surface area contributed by atoms with Crippen molar-refractivity contribution >= 4 is 0 Å². The maximum Gasteiger partial charge on any atom is 0.0474 e. The third kappa shape index (κ3) is 2.15. The highest BCUT2D eigenvalue weighted by atomic mass is 16.3. The lowest BCUT2D eigenvalue weighted by Crippen LogP contribution is -2.27. The van der Waals surface area contributed by atoms with Crippen LogP contribution in [0.15, 0.2) is 0 Å². The molecule has 0 aromatic rings. The smallest absolute Gasteiger partial charge is 0.0474 e. The van der Waals surface area contributed by atoms with Crippen LogP contribution < -0.4 is 5.73 Å². The Morgan fingerprint density at radius 3 is 2.73 bits per heavy atom. The fourth-order valence-electron chi connectivity index (χ4n) is 1.75. The molecule has 0 amide bonds. The van der Waals surface area contributed by atoms with Gasteiger partial charge in [-0.05, 0) is 11.8 Å². The summed E-state index contributed by atoms with van der Waals surface area (Å²) in [6, 6.07) is 0. The highest BCUT2D eigenvalue weighted by molar-refractivity contribution is 4.80. The van der Waals surface area contributed by atoms with E-state index in [0.29, 0.717) is 18.4 Å². The minimum atomic E-state index is 0.322. The Morgan fingerprint density at radius 2 is 2.27 bits per heavy atom. The molecule has 0 radical (unpaired) electrons. The van der Waals surface area contributed by atoms with Gasteiger partial charge in [-0.1, -0.05) is 6.92 Å². The van der Waals surface area contributed by atoms with E-state index in [0.717, 1.165) is 26.2 Å². The summed E-state index contributed by atoms with van der Waals surface area (Å²) in [4.78, 5) is 2.32. The van der Waals surface area contributed by atoms with Gasteiger partial charge in [0, 0.05) is 32.8 Å². The quantitative estimate of drug-likeness (QED) is 0.582. The van der Waals surface area contributed by atoms with E-state index in [-0.39, 0.29) is 0 Å². The van der Waals surface area contributed by atoms with E-state index in [1.165, 1.54) is 0 Å². The van der Waals surface area contributed by atoms with E-state index in [1.54, 1.807) is 0 Å². The summed E-state index contributed by atoms with van der Waals surface area (Å²) in [5.74, 6) is 1.10. The number of likely N-dealkylation sites (tertiary alicyclic amines) is 1. The van der Waals surface area contributed by atoms with Crippen molar-refractivity contribution in [3.8, 4) is 0 Å². The van der Waals surface area contributed by atoms with Crippen molar-refractivity contribution in [2.24, 2.45) is 17.6 Å². The number of rotatable bonds is 3. The topological polar surface area (TPSA) is 49.5 Å². The lowest BCUT2D eigenvalue weighted by Gasteiger charge is -2.12. The molecular formula is C8H18N2O. The van der Waals surface area contributed by atoms with Gasteiger partial charge in [-0.25, -0.2) is 0 Å². The highest BCUT2D eigenvalue weighted by Gasteiger charge is 2.27. The Labute approximate surface area is 68.2 Å². The van der Waals surface area contributed by atoms with Gasteiger partial charge in [0.25, 0.3) is 0 Å². The molecule has 3 heteroatoms. The van der Waals surface area contributed by atoms with E-state index in [9.17, 15) is 0 Å². The zero-order valence-corrected chi connectivity index (χ0v) is 7.16. The molecule has 0 saturated carbocycles. The summed E-state index contributed by atoms with van der Waals surface area (Å²) >= 11 is 0. The lowest BCUT2D eigenvalue weighted by molar-refractivity contribution is 0.206. The van der Waals surface area contributed by atoms with Crippen molar-refractivity contribution in [1.82, 2.24) is 4.90 Å². The average molecular weight is 158 g/mol. The Balaban J connectivity index is 2.30. The molecule has 1 aliphatic rings. The third-order valence-electron chi connectivity index (χ3n) is 2.52. The Morgan fingerprint density at radius 1 is 1.55 bits per heavy atom. The van der Waals surface area contributed by atoms with Crippen LogP contribution in [0.1, 0.15) is 6.92 Å². The van der Waals surface area contributed by atoms with Crippen LogP contribution in [-0.2, 0) is 0 Å². The van der Waals surface area contributed by atoms with Crippen molar-refractivity contribution in [2.75, 3.05) is 32.8 Å². The van der Waals surface area contributed by atoms with Crippen molar-refractivity contribution in [3.63, 3.8) is 0 Å². The van der Waals surface area contributed by atoms with Crippen molar-refractivity contribution < 1.29 is 5.11 Å². The number of nitrogens with two attached hydrogens (primary N) is 1. The fraction of sp³-hybridized carbons (Fsp3) is 1.00. The molecule has 11 heavy (non-hydrogen) atoms. The standard InChI is InChI=1S/C8H18N2O/c1-7-4-10(3-2-9)5-8(7)6-11/h7-8,11H,2-6,9H2,1H3. The molecule has 0 spiro atoms. The zero-order valence-electron chi connectivity index (χ0n) is 7.16. The van der Waals surface area contributed by atoms with Crippen LogP contribution in [-0.4, -0.2) is 42.8 Å². The number of nitrogens with zero attached hydrogens (tertiary/aromatic N) is 1. The molecule has 0 aromatic heterocycles. The monoisotopic (exact) mass is 158 g/mol. The van der Waals surface area contributed by atoms with Gasteiger partial charge in [0.15, 0.2) is 0 Å².